The predicted octanol–water partition coefficient (Wildman–Crippen LogP) is 1.97. The van der Waals surface area contributed by atoms with E-state index >= 15 is 0 Å². The molecule has 19 heavy (non-hydrogen) atoms. The number of nitrogens with zero attached hydrogens (tertiary/aromatic N) is 1. The van der Waals surface area contributed by atoms with Crippen LogP contribution in [0.2, 0.25) is 0 Å². The molecule has 0 spiro atoms. The molecule has 1 aromatic carbocycles. The lowest BCUT2D eigenvalue weighted by Gasteiger charge is -2.14. The number of benzene rings is 1. The van der Waals surface area contributed by atoms with E-state index in [1.54, 1.807) is 4.90 Å². The zero-order chi connectivity index (χ0) is 13.6. The Morgan fingerprint density at radius 2 is 2.26 bits per heavy atom. The number of hydrogen-bond acceptors (Lipinski definition) is 4. The predicted molar refractivity (Wildman–Crippen MR) is 79.5 cm³/mol. The molecule has 1 atom stereocenters. The van der Waals surface area contributed by atoms with Gasteiger partial charge in [-0.05, 0) is 25.5 Å². The van der Waals surface area contributed by atoms with Crippen LogP contribution in [0.3, 0.4) is 0 Å². The fraction of sp³-hybridized carbons (Fsp3) is 0.357. The van der Waals surface area contributed by atoms with Gasteiger partial charge in [0, 0.05) is 29.2 Å². The van der Waals surface area contributed by atoms with E-state index in [9.17, 15) is 4.79 Å². The summed E-state index contributed by atoms with van der Waals surface area (Å²) in [6.07, 6.45) is 0.871. The van der Waals surface area contributed by atoms with Crippen molar-refractivity contribution in [1.29, 1.82) is 0 Å². The Morgan fingerprint density at radius 3 is 2.95 bits per heavy atom. The average Bonchev–Trinajstić information content (AvgIpc) is 2.94. The molecule has 3 rings (SSSR count). The Bertz CT molecular complexity index is 649. The molecule has 0 saturated carbocycles. The van der Waals surface area contributed by atoms with Crippen molar-refractivity contribution in [1.82, 2.24) is 4.90 Å². The van der Waals surface area contributed by atoms with Gasteiger partial charge in [0.05, 0.1) is 5.69 Å². The van der Waals surface area contributed by atoms with Crippen molar-refractivity contribution in [2.45, 2.75) is 19.4 Å². The van der Waals surface area contributed by atoms with Crippen molar-refractivity contribution in [2.24, 2.45) is 5.73 Å². The van der Waals surface area contributed by atoms with Crippen LogP contribution in [0.25, 0.3) is 10.1 Å². The highest BCUT2D eigenvalue weighted by Gasteiger charge is 2.27. The highest BCUT2D eigenvalue weighted by atomic mass is 32.1. The number of nitrogens with two attached hydrogens (primary N) is 2. The van der Waals surface area contributed by atoms with Crippen molar-refractivity contribution in [3.05, 3.63) is 28.6 Å². The van der Waals surface area contributed by atoms with Crippen LogP contribution < -0.4 is 11.5 Å². The minimum Gasteiger partial charge on any atom is -0.397 e. The molecule has 1 unspecified atom stereocenters. The minimum atomic E-state index is 0.0179. The van der Waals surface area contributed by atoms with Crippen molar-refractivity contribution >= 4 is 33.0 Å². The van der Waals surface area contributed by atoms with E-state index in [1.165, 1.54) is 11.3 Å². The number of hydrogen-bond donors (Lipinski definition) is 2. The largest absolute Gasteiger partial charge is 0.397 e. The number of thiophene rings is 1. The molecule has 0 bridgehead atoms. The van der Waals surface area contributed by atoms with Crippen molar-refractivity contribution in [2.75, 3.05) is 18.8 Å². The molecule has 1 fully saturated rings. The summed E-state index contributed by atoms with van der Waals surface area (Å²) in [4.78, 5) is 14.9. The summed E-state index contributed by atoms with van der Waals surface area (Å²) in [5, 5.41) is 0.983. The van der Waals surface area contributed by atoms with Crippen LogP contribution in [-0.4, -0.2) is 29.9 Å². The third-order valence-corrected chi connectivity index (χ3v) is 4.76. The molecule has 2 aromatic rings. The van der Waals surface area contributed by atoms with Gasteiger partial charge < -0.3 is 16.4 Å². The van der Waals surface area contributed by atoms with Gasteiger partial charge in [0.25, 0.3) is 5.91 Å². The third-order valence-electron chi connectivity index (χ3n) is 3.59. The molecular formula is C14H17N3OS. The van der Waals surface area contributed by atoms with Gasteiger partial charge in [-0.1, -0.05) is 11.6 Å². The number of anilines is 1. The number of aryl methyl sites for hydroxylation is 1. The molecule has 5 heteroatoms. The maximum atomic E-state index is 12.5. The van der Waals surface area contributed by atoms with Gasteiger partial charge in [-0.3, -0.25) is 4.79 Å². The molecule has 1 saturated heterocycles. The van der Waals surface area contributed by atoms with E-state index in [4.69, 9.17) is 11.5 Å². The van der Waals surface area contributed by atoms with Crippen molar-refractivity contribution in [3.63, 3.8) is 0 Å². The normalized spacial score (nSPS) is 19.3. The van der Waals surface area contributed by atoms with Crippen LogP contribution in [-0.2, 0) is 0 Å². The number of amides is 1. The van der Waals surface area contributed by atoms with Crippen LogP contribution in [0.15, 0.2) is 18.2 Å². The Labute approximate surface area is 116 Å². The summed E-state index contributed by atoms with van der Waals surface area (Å²) < 4.78 is 1.06. The summed E-state index contributed by atoms with van der Waals surface area (Å²) in [7, 11) is 0. The van der Waals surface area contributed by atoms with E-state index in [0.29, 0.717) is 17.1 Å². The average molecular weight is 275 g/mol. The molecule has 1 aliphatic heterocycles. The van der Waals surface area contributed by atoms with Crippen LogP contribution in [0.4, 0.5) is 5.69 Å². The first-order chi connectivity index (χ1) is 9.06. The zero-order valence-electron chi connectivity index (χ0n) is 10.8. The maximum Gasteiger partial charge on any atom is 0.266 e. The standard InChI is InChI=1S/C14H17N3OS/c1-8-2-3-11-10(6-8)12(16)13(19-11)14(18)17-5-4-9(15)7-17/h2-3,6,9H,4-5,7,15-16H2,1H3. The first-order valence-corrected chi connectivity index (χ1v) is 7.21. The summed E-state index contributed by atoms with van der Waals surface area (Å²) in [6, 6.07) is 6.20. The second-order valence-corrected chi connectivity index (χ2v) is 6.20. The summed E-state index contributed by atoms with van der Waals surface area (Å²) >= 11 is 1.47. The van der Waals surface area contributed by atoms with E-state index in [1.807, 2.05) is 25.1 Å². The third kappa shape index (κ3) is 2.09. The van der Waals surface area contributed by atoms with Crippen molar-refractivity contribution in [3.8, 4) is 0 Å². The highest BCUT2D eigenvalue weighted by molar-refractivity contribution is 7.21. The first kappa shape index (κ1) is 12.4. The molecule has 0 radical (unpaired) electrons. The number of nitrogen functional groups attached to an aromatic ring is 1. The lowest BCUT2D eigenvalue weighted by atomic mass is 10.1. The van der Waals surface area contributed by atoms with Gasteiger partial charge >= 0.3 is 0 Å². The second kappa shape index (κ2) is 4.51. The highest BCUT2D eigenvalue weighted by Crippen LogP contribution is 2.35. The monoisotopic (exact) mass is 275 g/mol. The van der Waals surface area contributed by atoms with Crippen LogP contribution in [0.5, 0.6) is 0 Å². The molecule has 100 valence electrons. The number of fused-ring (bicyclic) bond motifs is 1. The lowest BCUT2D eigenvalue weighted by molar-refractivity contribution is 0.0796. The number of likely N-dealkylation sites (tertiary alicyclic amines) is 1. The minimum absolute atomic E-state index is 0.0179. The molecular weight excluding hydrogens is 258 g/mol. The van der Waals surface area contributed by atoms with Crippen LogP contribution >= 0.6 is 11.3 Å². The van der Waals surface area contributed by atoms with Gasteiger partial charge in [-0.25, -0.2) is 0 Å². The molecule has 2 heterocycles. The summed E-state index contributed by atoms with van der Waals surface area (Å²) in [6.45, 7) is 3.38. The summed E-state index contributed by atoms with van der Waals surface area (Å²) in [5.41, 5.74) is 13.8. The molecule has 1 aliphatic rings. The summed E-state index contributed by atoms with van der Waals surface area (Å²) in [5.74, 6) is 0.0179. The van der Waals surface area contributed by atoms with Gasteiger partial charge in [0.15, 0.2) is 0 Å². The second-order valence-electron chi connectivity index (χ2n) is 5.14. The van der Waals surface area contributed by atoms with E-state index < -0.39 is 0 Å². The first-order valence-electron chi connectivity index (χ1n) is 6.39. The molecule has 4 N–H and O–H groups in total. The van der Waals surface area contributed by atoms with Gasteiger partial charge in [0.2, 0.25) is 0 Å². The SMILES string of the molecule is Cc1ccc2sc(C(=O)N3CCC(N)C3)c(N)c2c1. The molecule has 0 aliphatic carbocycles. The van der Waals surface area contributed by atoms with Gasteiger partial charge in [0.1, 0.15) is 4.88 Å². The smallest absolute Gasteiger partial charge is 0.266 e. The Morgan fingerprint density at radius 1 is 1.47 bits per heavy atom. The molecule has 1 aromatic heterocycles. The Hall–Kier alpha value is -1.59. The van der Waals surface area contributed by atoms with E-state index in [0.717, 1.165) is 28.6 Å². The Balaban J connectivity index is 2.01. The molecule has 4 nitrogen and oxygen atoms in total. The van der Waals surface area contributed by atoms with E-state index in [2.05, 4.69) is 0 Å². The quantitative estimate of drug-likeness (QED) is 0.835. The molecule has 1 amide bonds. The van der Waals surface area contributed by atoms with Crippen LogP contribution in [0, 0.1) is 6.92 Å². The fourth-order valence-corrected chi connectivity index (χ4v) is 3.58. The van der Waals surface area contributed by atoms with Crippen molar-refractivity contribution < 1.29 is 4.79 Å². The van der Waals surface area contributed by atoms with Crippen LogP contribution in [0.1, 0.15) is 21.7 Å². The fourth-order valence-electron chi connectivity index (χ4n) is 2.50. The Kier molecular flexibility index (Phi) is 2.95. The topological polar surface area (TPSA) is 72.3 Å². The maximum absolute atomic E-state index is 12.5. The number of rotatable bonds is 1. The zero-order valence-corrected chi connectivity index (χ0v) is 11.7. The van der Waals surface area contributed by atoms with Gasteiger partial charge in [-0.2, -0.15) is 0 Å². The number of carbonyl (C=O) groups excluding carboxylic acids is 1. The lowest BCUT2D eigenvalue weighted by Crippen LogP contribution is -2.31. The van der Waals surface area contributed by atoms with Gasteiger partial charge in [-0.15, -0.1) is 11.3 Å². The van der Waals surface area contributed by atoms with E-state index in [-0.39, 0.29) is 11.9 Å². The number of carbonyl (C=O) groups is 1.